The van der Waals surface area contributed by atoms with Gasteiger partial charge in [-0.2, -0.15) is 16.7 Å². The van der Waals surface area contributed by atoms with Gasteiger partial charge in [-0.15, -0.1) is 0 Å². The maximum absolute atomic E-state index is 6.11. The second-order valence-electron chi connectivity index (χ2n) is 4.28. The topological polar surface area (TPSA) is 64.9 Å². The molecule has 1 heterocycles. The van der Waals surface area contributed by atoms with Gasteiger partial charge in [-0.3, -0.25) is 0 Å². The molecule has 1 atom stereocenters. The lowest BCUT2D eigenvalue weighted by atomic mass is 10.2. The molecule has 4 nitrogen and oxygen atoms in total. The van der Waals surface area contributed by atoms with Gasteiger partial charge < -0.3 is 10.3 Å². The number of rotatable bonds is 5. The van der Waals surface area contributed by atoms with E-state index in [0.29, 0.717) is 33.2 Å². The molecule has 102 valence electrons. The van der Waals surface area contributed by atoms with Crippen molar-refractivity contribution in [1.82, 2.24) is 10.1 Å². The minimum absolute atomic E-state index is 0.435. The van der Waals surface area contributed by atoms with Crippen LogP contribution >= 0.6 is 23.4 Å². The third-order valence-electron chi connectivity index (χ3n) is 2.76. The first-order valence-electron chi connectivity index (χ1n) is 6.09. The molecule has 19 heavy (non-hydrogen) atoms. The molecule has 0 spiro atoms. The number of halogens is 1. The quantitative estimate of drug-likeness (QED) is 0.845. The predicted octanol–water partition coefficient (Wildman–Crippen LogP) is 4.00. The van der Waals surface area contributed by atoms with E-state index in [0.717, 1.165) is 12.2 Å². The minimum Gasteiger partial charge on any atom is -0.399 e. The molecule has 0 bridgehead atoms. The lowest BCUT2D eigenvalue weighted by Crippen LogP contribution is -1.94. The Morgan fingerprint density at radius 1 is 1.47 bits per heavy atom. The van der Waals surface area contributed by atoms with Crippen LogP contribution in [0.3, 0.4) is 0 Å². The molecule has 2 rings (SSSR count). The fraction of sp³-hybridized carbons (Fsp3) is 0.385. The van der Waals surface area contributed by atoms with Crippen molar-refractivity contribution in [1.29, 1.82) is 0 Å². The average molecular weight is 298 g/mol. The lowest BCUT2D eigenvalue weighted by molar-refractivity contribution is 0.425. The molecule has 0 saturated carbocycles. The van der Waals surface area contributed by atoms with Gasteiger partial charge in [0, 0.05) is 10.9 Å². The highest BCUT2D eigenvalue weighted by atomic mass is 35.5. The Morgan fingerprint density at radius 2 is 2.26 bits per heavy atom. The van der Waals surface area contributed by atoms with Gasteiger partial charge in [-0.1, -0.05) is 30.6 Å². The van der Waals surface area contributed by atoms with Gasteiger partial charge in [0.15, 0.2) is 5.82 Å². The summed E-state index contributed by atoms with van der Waals surface area (Å²) in [6, 6.07) is 5.23. The van der Waals surface area contributed by atoms with E-state index in [1.54, 1.807) is 30.0 Å². The van der Waals surface area contributed by atoms with Gasteiger partial charge in [0.1, 0.15) is 0 Å². The van der Waals surface area contributed by atoms with Gasteiger partial charge >= 0.3 is 0 Å². The highest BCUT2D eigenvalue weighted by Gasteiger charge is 2.13. The first-order valence-corrected chi connectivity index (χ1v) is 7.52. The van der Waals surface area contributed by atoms with Crippen molar-refractivity contribution in [3.63, 3.8) is 0 Å². The second kappa shape index (κ2) is 6.30. The molecule has 2 N–H and O–H groups in total. The molecule has 0 saturated heterocycles. The van der Waals surface area contributed by atoms with Crippen LogP contribution in [0.1, 0.15) is 26.1 Å². The van der Waals surface area contributed by atoms with Crippen molar-refractivity contribution >= 4 is 29.1 Å². The number of nitrogens with zero attached hydrogens (tertiary/aromatic N) is 2. The van der Waals surface area contributed by atoms with Crippen LogP contribution in [0.2, 0.25) is 5.02 Å². The highest BCUT2D eigenvalue weighted by Crippen LogP contribution is 2.29. The van der Waals surface area contributed by atoms with Crippen LogP contribution < -0.4 is 5.73 Å². The summed E-state index contributed by atoms with van der Waals surface area (Å²) in [7, 11) is 0. The number of hydrogen-bond donors (Lipinski definition) is 1. The fourth-order valence-corrected chi connectivity index (χ4v) is 2.52. The highest BCUT2D eigenvalue weighted by molar-refractivity contribution is 7.99. The van der Waals surface area contributed by atoms with E-state index in [2.05, 4.69) is 24.0 Å². The molecule has 1 unspecified atom stereocenters. The van der Waals surface area contributed by atoms with Gasteiger partial charge in [-0.05, 0) is 24.6 Å². The lowest BCUT2D eigenvalue weighted by Gasteiger charge is -2.04. The number of hydrogen-bond acceptors (Lipinski definition) is 5. The van der Waals surface area contributed by atoms with Crippen molar-refractivity contribution < 1.29 is 4.52 Å². The number of aromatic nitrogens is 2. The number of anilines is 1. The van der Waals surface area contributed by atoms with Crippen molar-refractivity contribution in [2.24, 2.45) is 0 Å². The summed E-state index contributed by atoms with van der Waals surface area (Å²) in [4.78, 5) is 4.35. The standard InChI is InChI=1S/C13H16ClN3OS/c1-3-8(2)19-7-12-16-13(18-17-12)10-5-4-9(15)6-11(10)14/h4-6,8H,3,7,15H2,1-2H3. The summed E-state index contributed by atoms with van der Waals surface area (Å²) in [6.07, 6.45) is 1.12. The molecule has 0 aliphatic carbocycles. The zero-order chi connectivity index (χ0) is 13.8. The maximum atomic E-state index is 6.11. The van der Waals surface area contributed by atoms with Gasteiger partial charge in [-0.25, -0.2) is 0 Å². The number of nitrogens with two attached hydrogens (primary N) is 1. The number of nitrogen functional groups attached to an aromatic ring is 1. The van der Waals surface area contributed by atoms with Crippen LogP contribution in [0.15, 0.2) is 22.7 Å². The Morgan fingerprint density at radius 3 is 2.95 bits per heavy atom. The smallest absolute Gasteiger partial charge is 0.259 e. The summed E-state index contributed by atoms with van der Waals surface area (Å²) in [5.74, 6) is 1.86. The van der Waals surface area contributed by atoms with Crippen LogP contribution in [-0.2, 0) is 5.75 Å². The SMILES string of the molecule is CCC(C)SCc1noc(-c2ccc(N)cc2Cl)n1. The van der Waals surface area contributed by atoms with Crippen molar-refractivity contribution in [2.45, 2.75) is 31.3 Å². The Bertz CT molecular complexity index is 559. The van der Waals surface area contributed by atoms with Crippen molar-refractivity contribution in [2.75, 3.05) is 5.73 Å². The van der Waals surface area contributed by atoms with Crippen LogP contribution in [0.25, 0.3) is 11.5 Å². The van der Waals surface area contributed by atoms with E-state index in [4.69, 9.17) is 21.9 Å². The number of thioether (sulfide) groups is 1. The molecule has 1 aromatic heterocycles. The monoisotopic (exact) mass is 297 g/mol. The molecular weight excluding hydrogens is 282 g/mol. The Balaban J connectivity index is 2.12. The Kier molecular flexibility index (Phi) is 4.71. The summed E-state index contributed by atoms with van der Waals surface area (Å²) < 4.78 is 5.24. The molecular formula is C13H16ClN3OS. The third-order valence-corrected chi connectivity index (χ3v) is 4.40. The summed E-state index contributed by atoms with van der Waals surface area (Å²) >= 11 is 7.92. The molecule has 2 aromatic rings. The predicted molar refractivity (Wildman–Crippen MR) is 80.2 cm³/mol. The van der Waals surface area contributed by atoms with E-state index in [1.165, 1.54) is 0 Å². The van der Waals surface area contributed by atoms with E-state index in [-0.39, 0.29) is 0 Å². The van der Waals surface area contributed by atoms with Crippen LogP contribution in [0.4, 0.5) is 5.69 Å². The fourth-order valence-electron chi connectivity index (χ4n) is 1.46. The van der Waals surface area contributed by atoms with Crippen molar-refractivity contribution in [3.05, 3.63) is 29.0 Å². The van der Waals surface area contributed by atoms with E-state index < -0.39 is 0 Å². The van der Waals surface area contributed by atoms with Crippen LogP contribution in [0, 0.1) is 0 Å². The second-order valence-corrected chi connectivity index (χ2v) is 6.12. The van der Waals surface area contributed by atoms with Gasteiger partial charge in [0.2, 0.25) is 0 Å². The van der Waals surface area contributed by atoms with Crippen LogP contribution in [-0.4, -0.2) is 15.4 Å². The normalized spacial score (nSPS) is 12.6. The summed E-state index contributed by atoms with van der Waals surface area (Å²) in [6.45, 7) is 4.34. The maximum Gasteiger partial charge on any atom is 0.259 e. The van der Waals surface area contributed by atoms with E-state index in [1.807, 2.05) is 0 Å². The zero-order valence-electron chi connectivity index (χ0n) is 10.9. The van der Waals surface area contributed by atoms with E-state index in [9.17, 15) is 0 Å². The third kappa shape index (κ3) is 3.64. The molecule has 1 aromatic carbocycles. The van der Waals surface area contributed by atoms with Gasteiger partial charge in [0.25, 0.3) is 5.89 Å². The molecule has 0 amide bonds. The molecule has 0 aliphatic rings. The molecule has 0 aliphatic heterocycles. The molecule has 6 heteroatoms. The van der Waals surface area contributed by atoms with Crippen LogP contribution in [0.5, 0.6) is 0 Å². The van der Waals surface area contributed by atoms with Crippen molar-refractivity contribution in [3.8, 4) is 11.5 Å². The molecule has 0 fully saturated rings. The summed E-state index contributed by atoms with van der Waals surface area (Å²) in [5.41, 5.74) is 6.98. The average Bonchev–Trinajstić information content (AvgIpc) is 2.84. The zero-order valence-corrected chi connectivity index (χ0v) is 12.5. The largest absolute Gasteiger partial charge is 0.399 e. The first-order chi connectivity index (χ1) is 9.10. The van der Waals surface area contributed by atoms with E-state index >= 15 is 0 Å². The summed E-state index contributed by atoms with van der Waals surface area (Å²) in [5, 5.41) is 5.07. The molecule has 0 radical (unpaired) electrons. The van der Waals surface area contributed by atoms with Gasteiger partial charge in [0.05, 0.1) is 16.3 Å². The number of benzene rings is 1. The first kappa shape index (κ1) is 14.2. The Labute approximate surface area is 121 Å². The minimum atomic E-state index is 0.435. The Hall–Kier alpha value is -1.20.